The largest absolute Gasteiger partial charge is 0.281 e. The Morgan fingerprint density at radius 3 is 2.14 bits per heavy atom. The van der Waals surface area contributed by atoms with E-state index in [-0.39, 0.29) is 6.04 Å². The molecule has 0 unspecified atom stereocenters. The Bertz CT molecular complexity index is 252. The summed E-state index contributed by atoms with van der Waals surface area (Å²) in [6, 6.07) is 0.0346. The summed E-state index contributed by atoms with van der Waals surface area (Å²) in [6.07, 6.45) is 0. The van der Waals surface area contributed by atoms with Crippen molar-refractivity contribution in [2.45, 2.75) is 19.9 Å². The highest BCUT2D eigenvalue weighted by atomic mass is 32.2. The van der Waals surface area contributed by atoms with Crippen LogP contribution in [-0.4, -0.2) is 55.7 Å². The quantitative estimate of drug-likeness (QED) is 0.691. The third-order valence-corrected chi connectivity index (χ3v) is 5.15. The lowest BCUT2D eigenvalue weighted by Crippen LogP contribution is -2.43. The first-order chi connectivity index (χ1) is 6.34. The fourth-order valence-corrected chi connectivity index (χ4v) is 2.82. The van der Waals surface area contributed by atoms with Crippen LogP contribution in [0.15, 0.2) is 0 Å². The van der Waals surface area contributed by atoms with Crippen LogP contribution in [0.2, 0.25) is 0 Å². The Morgan fingerprint density at radius 2 is 1.79 bits per heavy atom. The van der Waals surface area contributed by atoms with Gasteiger partial charge in [0.25, 0.3) is 10.2 Å². The van der Waals surface area contributed by atoms with Gasteiger partial charge in [0.2, 0.25) is 0 Å². The van der Waals surface area contributed by atoms with Crippen LogP contribution in [0.25, 0.3) is 0 Å². The molecule has 1 atom stereocenters. The number of rotatable bonds is 6. The third kappa shape index (κ3) is 3.76. The second-order valence-corrected chi connectivity index (χ2v) is 6.84. The Labute approximate surface area is 91.8 Å². The van der Waals surface area contributed by atoms with Gasteiger partial charge in [-0.15, -0.1) is 0 Å². The number of hydrogen-bond acceptors (Lipinski definition) is 3. The Morgan fingerprint density at radius 1 is 1.29 bits per heavy atom. The second kappa shape index (κ2) is 5.95. The van der Waals surface area contributed by atoms with Crippen molar-refractivity contribution in [1.82, 2.24) is 8.61 Å². The molecule has 0 aromatic carbocycles. The molecule has 0 aromatic heterocycles. The van der Waals surface area contributed by atoms with Crippen molar-refractivity contribution in [2.24, 2.45) is 0 Å². The fraction of sp³-hybridized carbons (Fsp3) is 1.00. The molecule has 86 valence electrons. The number of nitrogens with zero attached hydrogens (tertiary/aromatic N) is 2. The minimum absolute atomic E-state index is 0.0346. The molecular formula is C8H20N2O2S2. The standard InChI is InChI=1S/C8H20N2O2S2/c1-6-13-7-8(2)10(5)14(11,12)9(3)4/h8H,6-7H2,1-5H3/t8-/m1/s1. The van der Waals surface area contributed by atoms with Crippen molar-refractivity contribution >= 4 is 22.0 Å². The van der Waals surface area contributed by atoms with Crippen LogP contribution < -0.4 is 0 Å². The molecule has 0 saturated heterocycles. The topological polar surface area (TPSA) is 40.6 Å². The van der Waals surface area contributed by atoms with Crippen LogP contribution in [0.4, 0.5) is 0 Å². The normalized spacial score (nSPS) is 15.1. The average molecular weight is 240 g/mol. The predicted molar refractivity (Wildman–Crippen MR) is 62.8 cm³/mol. The lowest BCUT2D eigenvalue weighted by atomic mass is 10.4. The smallest absolute Gasteiger partial charge is 0.195 e. The van der Waals surface area contributed by atoms with Gasteiger partial charge in [0, 0.05) is 32.9 Å². The lowest BCUT2D eigenvalue weighted by molar-refractivity contribution is 0.377. The molecule has 14 heavy (non-hydrogen) atoms. The summed E-state index contributed by atoms with van der Waals surface area (Å²) >= 11 is 1.75. The summed E-state index contributed by atoms with van der Waals surface area (Å²) in [6.45, 7) is 3.99. The van der Waals surface area contributed by atoms with Gasteiger partial charge in [-0.3, -0.25) is 0 Å². The van der Waals surface area contributed by atoms with Crippen molar-refractivity contribution in [1.29, 1.82) is 0 Å². The van der Waals surface area contributed by atoms with Gasteiger partial charge in [0.05, 0.1) is 0 Å². The molecule has 0 radical (unpaired) electrons. The maximum Gasteiger partial charge on any atom is 0.281 e. The molecule has 0 N–H and O–H groups in total. The van der Waals surface area contributed by atoms with Gasteiger partial charge in [0.1, 0.15) is 0 Å². The summed E-state index contributed by atoms with van der Waals surface area (Å²) in [5.74, 6) is 1.85. The summed E-state index contributed by atoms with van der Waals surface area (Å²) in [5, 5.41) is 0. The Hall–Kier alpha value is 0.220. The van der Waals surface area contributed by atoms with Crippen LogP contribution in [0.3, 0.4) is 0 Å². The highest BCUT2D eigenvalue weighted by Gasteiger charge is 2.24. The SMILES string of the molecule is CCSC[C@@H](C)N(C)S(=O)(=O)N(C)C. The van der Waals surface area contributed by atoms with E-state index < -0.39 is 10.2 Å². The molecule has 6 heteroatoms. The zero-order valence-electron chi connectivity index (χ0n) is 9.52. The first-order valence-electron chi connectivity index (χ1n) is 4.57. The fourth-order valence-electron chi connectivity index (χ4n) is 0.878. The average Bonchev–Trinajstić information content (AvgIpc) is 2.12. The van der Waals surface area contributed by atoms with E-state index in [1.807, 2.05) is 6.92 Å². The lowest BCUT2D eigenvalue weighted by Gasteiger charge is -2.26. The van der Waals surface area contributed by atoms with E-state index in [2.05, 4.69) is 6.92 Å². The number of thioether (sulfide) groups is 1. The first kappa shape index (κ1) is 14.2. The van der Waals surface area contributed by atoms with E-state index in [4.69, 9.17) is 0 Å². The molecule has 0 aliphatic heterocycles. The van der Waals surface area contributed by atoms with E-state index in [1.165, 1.54) is 8.61 Å². The summed E-state index contributed by atoms with van der Waals surface area (Å²) in [7, 11) is 1.46. The predicted octanol–water partition coefficient (Wildman–Crippen LogP) is 0.866. The maximum absolute atomic E-state index is 11.7. The third-order valence-electron chi connectivity index (χ3n) is 2.01. The van der Waals surface area contributed by atoms with Gasteiger partial charge in [-0.1, -0.05) is 6.92 Å². The molecule has 0 aliphatic rings. The van der Waals surface area contributed by atoms with Crippen molar-refractivity contribution in [3.63, 3.8) is 0 Å². The van der Waals surface area contributed by atoms with E-state index in [1.54, 1.807) is 32.9 Å². The van der Waals surface area contributed by atoms with Crippen molar-refractivity contribution < 1.29 is 8.42 Å². The van der Waals surface area contributed by atoms with Crippen LogP contribution in [0, 0.1) is 0 Å². The molecule has 0 bridgehead atoms. The van der Waals surface area contributed by atoms with Crippen LogP contribution in [-0.2, 0) is 10.2 Å². The van der Waals surface area contributed by atoms with Gasteiger partial charge < -0.3 is 0 Å². The molecule has 4 nitrogen and oxygen atoms in total. The van der Waals surface area contributed by atoms with E-state index in [0.29, 0.717) is 0 Å². The highest BCUT2D eigenvalue weighted by molar-refractivity contribution is 7.99. The molecule has 0 aliphatic carbocycles. The van der Waals surface area contributed by atoms with E-state index in [0.717, 1.165) is 11.5 Å². The number of hydrogen-bond donors (Lipinski definition) is 0. The Balaban J connectivity index is 4.38. The molecule has 0 aromatic rings. The molecule has 0 saturated carbocycles. The first-order valence-corrected chi connectivity index (χ1v) is 7.12. The van der Waals surface area contributed by atoms with Crippen LogP contribution in [0.5, 0.6) is 0 Å². The molecule has 0 rings (SSSR count). The van der Waals surface area contributed by atoms with Crippen LogP contribution >= 0.6 is 11.8 Å². The maximum atomic E-state index is 11.7. The highest BCUT2D eigenvalue weighted by Crippen LogP contribution is 2.11. The second-order valence-electron chi connectivity index (χ2n) is 3.31. The van der Waals surface area contributed by atoms with Gasteiger partial charge in [-0.05, 0) is 12.7 Å². The van der Waals surface area contributed by atoms with Gasteiger partial charge in [-0.25, -0.2) is 0 Å². The molecule has 0 heterocycles. The Kier molecular flexibility index (Phi) is 6.04. The molecule has 0 fully saturated rings. The van der Waals surface area contributed by atoms with Crippen LogP contribution in [0.1, 0.15) is 13.8 Å². The minimum atomic E-state index is -3.25. The summed E-state index contributed by atoms with van der Waals surface area (Å²) < 4.78 is 26.0. The monoisotopic (exact) mass is 240 g/mol. The zero-order valence-corrected chi connectivity index (χ0v) is 11.2. The van der Waals surface area contributed by atoms with Crippen molar-refractivity contribution in [2.75, 3.05) is 32.6 Å². The zero-order chi connectivity index (χ0) is 11.4. The molecule has 0 spiro atoms. The molecule has 0 amide bonds. The minimum Gasteiger partial charge on any atom is -0.195 e. The summed E-state index contributed by atoms with van der Waals surface area (Å²) in [4.78, 5) is 0. The van der Waals surface area contributed by atoms with Gasteiger partial charge in [-0.2, -0.15) is 28.8 Å². The van der Waals surface area contributed by atoms with Gasteiger partial charge in [0.15, 0.2) is 0 Å². The van der Waals surface area contributed by atoms with Crippen molar-refractivity contribution in [3.8, 4) is 0 Å². The van der Waals surface area contributed by atoms with Crippen molar-refractivity contribution in [3.05, 3.63) is 0 Å². The molecular weight excluding hydrogens is 220 g/mol. The summed E-state index contributed by atoms with van der Waals surface area (Å²) in [5.41, 5.74) is 0. The van der Waals surface area contributed by atoms with E-state index in [9.17, 15) is 8.42 Å². The van der Waals surface area contributed by atoms with Gasteiger partial charge >= 0.3 is 0 Å². The van der Waals surface area contributed by atoms with E-state index >= 15 is 0 Å².